The topological polar surface area (TPSA) is 38.3 Å². The molecule has 84 valence electrons. The molecule has 1 saturated heterocycles. The van der Waals surface area contributed by atoms with Crippen LogP contribution >= 0.6 is 15.9 Å². The molecule has 3 rings (SSSR count). The molecular weight excluding hydrogens is 270 g/mol. The Labute approximate surface area is 102 Å². The SMILES string of the molecule is O=C1Oc2cc(Br)ccc2C12CCNCC2. The zero-order valence-electron chi connectivity index (χ0n) is 8.75. The van der Waals surface area contributed by atoms with Crippen LogP contribution in [0.15, 0.2) is 22.7 Å². The number of benzene rings is 1. The first-order valence-electron chi connectivity index (χ1n) is 5.45. The van der Waals surface area contributed by atoms with E-state index in [9.17, 15) is 4.79 Å². The van der Waals surface area contributed by atoms with Gasteiger partial charge in [0, 0.05) is 10.0 Å². The summed E-state index contributed by atoms with van der Waals surface area (Å²) < 4.78 is 6.33. The van der Waals surface area contributed by atoms with Gasteiger partial charge in [-0.25, -0.2) is 0 Å². The van der Waals surface area contributed by atoms with Gasteiger partial charge < -0.3 is 10.1 Å². The van der Waals surface area contributed by atoms with E-state index in [1.54, 1.807) is 0 Å². The molecule has 0 bridgehead atoms. The summed E-state index contributed by atoms with van der Waals surface area (Å²) in [5.74, 6) is 0.642. The highest BCUT2D eigenvalue weighted by molar-refractivity contribution is 9.10. The maximum absolute atomic E-state index is 12.1. The van der Waals surface area contributed by atoms with Crippen LogP contribution in [0, 0.1) is 0 Å². The first-order valence-corrected chi connectivity index (χ1v) is 6.25. The van der Waals surface area contributed by atoms with Gasteiger partial charge in [0.25, 0.3) is 0 Å². The van der Waals surface area contributed by atoms with Crippen molar-refractivity contribution in [2.45, 2.75) is 18.3 Å². The number of rotatable bonds is 0. The van der Waals surface area contributed by atoms with Crippen LogP contribution in [0.1, 0.15) is 18.4 Å². The summed E-state index contributed by atoms with van der Waals surface area (Å²) in [5, 5.41) is 3.28. The summed E-state index contributed by atoms with van der Waals surface area (Å²) in [6.45, 7) is 1.76. The average molecular weight is 282 g/mol. The molecule has 1 aromatic carbocycles. The van der Waals surface area contributed by atoms with Crippen molar-refractivity contribution in [1.82, 2.24) is 5.32 Å². The van der Waals surface area contributed by atoms with Crippen molar-refractivity contribution in [3.63, 3.8) is 0 Å². The molecular formula is C12H12BrNO2. The molecule has 0 aliphatic carbocycles. The summed E-state index contributed by atoms with van der Waals surface area (Å²) in [7, 11) is 0. The van der Waals surface area contributed by atoms with Crippen LogP contribution in [-0.2, 0) is 10.2 Å². The van der Waals surface area contributed by atoms with Gasteiger partial charge in [-0.05, 0) is 38.1 Å². The lowest BCUT2D eigenvalue weighted by Gasteiger charge is -2.30. The summed E-state index contributed by atoms with van der Waals surface area (Å²) in [5.41, 5.74) is 0.670. The van der Waals surface area contributed by atoms with Gasteiger partial charge in [0.15, 0.2) is 0 Å². The zero-order chi connectivity index (χ0) is 11.2. The number of fused-ring (bicyclic) bond motifs is 2. The van der Waals surface area contributed by atoms with Crippen molar-refractivity contribution >= 4 is 21.9 Å². The van der Waals surface area contributed by atoms with Crippen LogP contribution in [0.4, 0.5) is 0 Å². The van der Waals surface area contributed by atoms with Gasteiger partial charge in [0.05, 0.1) is 5.41 Å². The predicted octanol–water partition coefficient (Wildman–Crippen LogP) is 1.99. The van der Waals surface area contributed by atoms with Gasteiger partial charge >= 0.3 is 5.97 Å². The number of halogens is 1. The first-order chi connectivity index (χ1) is 7.72. The van der Waals surface area contributed by atoms with E-state index in [1.165, 1.54) is 0 Å². The van der Waals surface area contributed by atoms with Crippen LogP contribution in [0.2, 0.25) is 0 Å². The van der Waals surface area contributed by atoms with E-state index in [-0.39, 0.29) is 11.4 Å². The Balaban J connectivity index is 2.11. The lowest BCUT2D eigenvalue weighted by atomic mass is 9.74. The summed E-state index contributed by atoms with van der Waals surface area (Å²) in [6.07, 6.45) is 1.67. The maximum Gasteiger partial charge on any atom is 0.322 e. The Morgan fingerprint density at radius 3 is 2.81 bits per heavy atom. The molecule has 16 heavy (non-hydrogen) atoms. The molecule has 2 aliphatic rings. The fraction of sp³-hybridized carbons (Fsp3) is 0.417. The zero-order valence-corrected chi connectivity index (χ0v) is 10.3. The Hall–Kier alpha value is -0.870. The molecule has 0 aromatic heterocycles. The molecule has 1 fully saturated rings. The van der Waals surface area contributed by atoms with Gasteiger partial charge in [-0.2, -0.15) is 0 Å². The molecule has 1 aromatic rings. The molecule has 0 amide bonds. The molecule has 2 heterocycles. The maximum atomic E-state index is 12.1. The normalized spacial score (nSPS) is 21.9. The van der Waals surface area contributed by atoms with Crippen LogP contribution in [0.5, 0.6) is 5.75 Å². The van der Waals surface area contributed by atoms with Gasteiger partial charge in [-0.1, -0.05) is 22.0 Å². The highest BCUT2D eigenvalue weighted by Crippen LogP contribution is 2.46. The number of hydrogen-bond acceptors (Lipinski definition) is 3. The van der Waals surface area contributed by atoms with E-state index in [4.69, 9.17) is 4.74 Å². The van der Waals surface area contributed by atoms with Crippen LogP contribution in [-0.4, -0.2) is 19.1 Å². The van der Waals surface area contributed by atoms with Crippen molar-refractivity contribution in [2.75, 3.05) is 13.1 Å². The van der Waals surface area contributed by atoms with Gasteiger partial charge in [0.2, 0.25) is 0 Å². The number of carbonyl (C=O) groups is 1. The molecule has 0 radical (unpaired) electrons. The third-order valence-corrected chi connectivity index (χ3v) is 4.00. The quantitative estimate of drug-likeness (QED) is 0.584. The standard InChI is InChI=1S/C12H12BrNO2/c13-8-1-2-9-10(7-8)16-11(15)12(9)3-5-14-6-4-12/h1-2,7,14H,3-6H2. The highest BCUT2D eigenvalue weighted by Gasteiger charge is 2.49. The molecule has 0 unspecified atom stereocenters. The van der Waals surface area contributed by atoms with E-state index in [0.717, 1.165) is 41.7 Å². The molecule has 0 saturated carbocycles. The number of esters is 1. The third-order valence-electron chi connectivity index (χ3n) is 3.51. The monoisotopic (exact) mass is 281 g/mol. The highest BCUT2D eigenvalue weighted by atomic mass is 79.9. The van der Waals surface area contributed by atoms with Crippen LogP contribution in [0.25, 0.3) is 0 Å². The van der Waals surface area contributed by atoms with E-state index in [2.05, 4.69) is 21.2 Å². The van der Waals surface area contributed by atoms with Crippen molar-refractivity contribution in [3.05, 3.63) is 28.2 Å². The Morgan fingerprint density at radius 2 is 2.06 bits per heavy atom. The molecule has 1 spiro atoms. The number of hydrogen-bond donors (Lipinski definition) is 1. The lowest BCUT2D eigenvalue weighted by Crippen LogP contribution is -2.44. The minimum absolute atomic E-state index is 0.0814. The number of carbonyl (C=O) groups excluding carboxylic acids is 1. The summed E-state index contributed by atoms with van der Waals surface area (Å²) in [6, 6.07) is 5.87. The fourth-order valence-electron chi connectivity index (χ4n) is 2.61. The van der Waals surface area contributed by atoms with Crippen LogP contribution in [0.3, 0.4) is 0 Å². The van der Waals surface area contributed by atoms with Crippen molar-refractivity contribution in [2.24, 2.45) is 0 Å². The second-order valence-corrected chi connectivity index (χ2v) is 5.28. The molecule has 2 aliphatic heterocycles. The minimum Gasteiger partial charge on any atom is -0.425 e. The summed E-state index contributed by atoms with van der Waals surface area (Å²) in [4.78, 5) is 12.1. The molecule has 0 atom stereocenters. The van der Waals surface area contributed by atoms with E-state index >= 15 is 0 Å². The smallest absolute Gasteiger partial charge is 0.322 e. The lowest BCUT2D eigenvalue weighted by molar-refractivity contribution is -0.139. The predicted molar refractivity (Wildman–Crippen MR) is 63.6 cm³/mol. The largest absolute Gasteiger partial charge is 0.425 e. The minimum atomic E-state index is -0.388. The van der Waals surface area contributed by atoms with Crippen molar-refractivity contribution in [1.29, 1.82) is 0 Å². The van der Waals surface area contributed by atoms with Gasteiger partial charge in [-0.3, -0.25) is 4.79 Å². The number of nitrogens with one attached hydrogen (secondary N) is 1. The van der Waals surface area contributed by atoms with E-state index < -0.39 is 0 Å². The number of ether oxygens (including phenoxy) is 1. The van der Waals surface area contributed by atoms with E-state index in [1.807, 2.05) is 18.2 Å². The van der Waals surface area contributed by atoms with E-state index in [0.29, 0.717) is 0 Å². The molecule has 1 N–H and O–H groups in total. The van der Waals surface area contributed by atoms with Crippen molar-refractivity contribution in [3.8, 4) is 5.75 Å². The average Bonchev–Trinajstić information content (AvgIpc) is 2.53. The Kier molecular flexibility index (Phi) is 2.30. The van der Waals surface area contributed by atoms with Crippen LogP contribution < -0.4 is 10.1 Å². The van der Waals surface area contributed by atoms with Crippen molar-refractivity contribution < 1.29 is 9.53 Å². The van der Waals surface area contributed by atoms with Gasteiger partial charge in [0.1, 0.15) is 5.75 Å². The fourth-order valence-corrected chi connectivity index (χ4v) is 2.95. The second-order valence-electron chi connectivity index (χ2n) is 4.36. The second kappa shape index (κ2) is 3.57. The number of piperidine rings is 1. The third kappa shape index (κ3) is 1.33. The van der Waals surface area contributed by atoms with Gasteiger partial charge in [-0.15, -0.1) is 0 Å². The molecule has 4 heteroatoms. The Morgan fingerprint density at radius 1 is 1.31 bits per heavy atom. The molecule has 3 nitrogen and oxygen atoms in total. The first kappa shape index (κ1) is 10.3. The Bertz CT molecular complexity index is 452. The summed E-state index contributed by atoms with van der Waals surface area (Å²) >= 11 is 3.39.